The highest BCUT2D eigenvalue weighted by Crippen LogP contribution is 2.39. The molecule has 0 aromatic heterocycles. The van der Waals surface area contributed by atoms with Gasteiger partial charge in [0.25, 0.3) is 0 Å². The molecule has 1 aromatic rings. The number of benzene rings is 1. The molecule has 0 aliphatic carbocycles. The Balaban J connectivity index is 0.00000450. The van der Waals surface area contributed by atoms with Crippen LogP contribution >= 0.6 is 24.0 Å². The van der Waals surface area contributed by atoms with Crippen LogP contribution in [0.1, 0.15) is 24.8 Å². The van der Waals surface area contributed by atoms with Crippen LogP contribution in [0, 0.1) is 0 Å². The lowest BCUT2D eigenvalue weighted by atomic mass is 10.1. The number of likely N-dealkylation sites (tertiary alicyclic amines) is 1. The van der Waals surface area contributed by atoms with Gasteiger partial charge in [-0.2, -0.15) is 0 Å². The Morgan fingerprint density at radius 3 is 2.30 bits per heavy atom. The third kappa shape index (κ3) is 7.35. The van der Waals surface area contributed by atoms with E-state index >= 15 is 0 Å². The average molecular weight is 537 g/mol. The maximum absolute atomic E-state index is 5.94. The largest absolute Gasteiger partial charge is 0.493 e. The van der Waals surface area contributed by atoms with Crippen molar-refractivity contribution in [3.05, 3.63) is 17.7 Å². The molecule has 0 amide bonds. The van der Waals surface area contributed by atoms with Crippen LogP contribution in [0.4, 0.5) is 0 Å². The Kier molecular flexibility index (Phi) is 12.9. The minimum Gasteiger partial charge on any atom is -0.493 e. The molecular weight excluding hydrogens is 501 g/mol. The lowest BCUT2D eigenvalue weighted by molar-refractivity contribution is 0.00989. The smallest absolute Gasteiger partial charge is 0.203 e. The number of hydrogen-bond donors (Lipinski definition) is 1. The van der Waals surface area contributed by atoms with Crippen molar-refractivity contribution in [2.45, 2.75) is 31.9 Å². The number of guanidine groups is 1. The average Bonchev–Trinajstić information content (AvgIpc) is 2.77. The molecule has 0 radical (unpaired) electrons. The fourth-order valence-electron chi connectivity index (χ4n) is 3.50. The molecule has 0 unspecified atom stereocenters. The monoisotopic (exact) mass is 537 g/mol. The van der Waals surface area contributed by atoms with Gasteiger partial charge >= 0.3 is 0 Å². The van der Waals surface area contributed by atoms with Crippen LogP contribution in [0.5, 0.6) is 17.2 Å². The van der Waals surface area contributed by atoms with Gasteiger partial charge in [-0.05, 0) is 31.4 Å². The molecule has 1 aromatic carbocycles. The number of aliphatic imine (C=N–C) groups is 1. The first-order chi connectivity index (χ1) is 14.2. The molecule has 8 nitrogen and oxygen atoms in total. The number of nitrogens with zero attached hydrogens (tertiary/aromatic N) is 2. The molecule has 0 bridgehead atoms. The third-order valence-corrected chi connectivity index (χ3v) is 5.02. The number of hydrogen-bond acceptors (Lipinski definition) is 6. The maximum Gasteiger partial charge on any atom is 0.203 e. The van der Waals surface area contributed by atoms with E-state index in [4.69, 9.17) is 23.7 Å². The normalized spacial score (nSPS) is 14.8. The zero-order valence-corrected chi connectivity index (χ0v) is 21.1. The minimum absolute atomic E-state index is 0. The number of halogens is 1. The predicted octanol–water partition coefficient (Wildman–Crippen LogP) is 2.92. The van der Waals surface area contributed by atoms with Crippen LogP contribution in [0.2, 0.25) is 0 Å². The fraction of sp³-hybridized carbons (Fsp3) is 0.667. The Morgan fingerprint density at radius 1 is 1.03 bits per heavy atom. The standard InChI is InChI=1S/C21H35N3O5.HI/c1-22-21(24-11-9-17(10-12-24)29-14-6-13-25-2)23-15-16-7-8-18(26-3)20(28-5)19(16)27-4;/h7-8,17H,6,9-15H2,1-5H3,(H,22,23);1H. The van der Waals surface area contributed by atoms with E-state index in [1.807, 2.05) is 19.2 Å². The second-order valence-corrected chi connectivity index (χ2v) is 6.80. The van der Waals surface area contributed by atoms with Crippen molar-refractivity contribution in [2.24, 2.45) is 4.99 Å². The molecule has 2 rings (SSSR count). The van der Waals surface area contributed by atoms with Gasteiger partial charge in [-0.3, -0.25) is 4.99 Å². The number of rotatable bonds is 10. The fourth-order valence-corrected chi connectivity index (χ4v) is 3.50. The lowest BCUT2D eigenvalue weighted by Crippen LogP contribution is -2.46. The van der Waals surface area contributed by atoms with Crippen molar-refractivity contribution in [3.63, 3.8) is 0 Å². The summed E-state index contributed by atoms with van der Waals surface area (Å²) in [4.78, 5) is 6.71. The number of methoxy groups -OCH3 is 4. The molecule has 0 saturated carbocycles. The molecule has 1 N–H and O–H groups in total. The highest BCUT2D eigenvalue weighted by molar-refractivity contribution is 14.0. The van der Waals surface area contributed by atoms with Gasteiger partial charge in [-0.1, -0.05) is 0 Å². The van der Waals surface area contributed by atoms with E-state index in [9.17, 15) is 0 Å². The van der Waals surface area contributed by atoms with E-state index in [2.05, 4.69) is 15.2 Å². The number of piperidine rings is 1. The second-order valence-electron chi connectivity index (χ2n) is 6.80. The van der Waals surface area contributed by atoms with E-state index < -0.39 is 0 Å². The van der Waals surface area contributed by atoms with Crippen molar-refractivity contribution in [3.8, 4) is 17.2 Å². The summed E-state index contributed by atoms with van der Waals surface area (Å²) in [6.45, 7) is 3.90. The molecule has 1 saturated heterocycles. The predicted molar refractivity (Wildman–Crippen MR) is 129 cm³/mol. The Hall–Kier alpha value is -1.46. The van der Waals surface area contributed by atoms with E-state index in [1.54, 1.807) is 28.4 Å². The first kappa shape index (κ1) is 26.6. The van der Waals surface area contributed by atoms with Gasteiger partial charge in [0.15, 0.2) is 17.5 Å². The first-order valence-electron chi connectivity index (χ1n) is 10.0. The SMILES string of the molecule is CN=C(NCc1ccc(OC)c(OC)c1OC)N1CCC(OCCCOC)CC1.I. The molecule has 1 aliphatic heterocycles. The summed E-state index contributed by atoms with van der Waals surface area (Å²) >= 11 is 0. The summed E-state index contributed by atoms with van der Waals surface area (Å²) in [5.74, 6) is 2.78. The Labute approximate surface area is 197 Å². The molecule has 0 atom stereocenters. The van der Waals surface area contributed by atoms with E-state index in [0.717, 1.165) is 57.1 Å². The zero-order valence-electron chi connectivity index (χ0n) is 18.7. The highest BCUT2D eigenvalue weighted by atomic mass is 127. The lowest BCUT2D eigenvalue weighted by Gasteiger charge is -2.34. The van der Waals surface area contributed by atoms with Crippen molar-refractivity contribution >= 4 is 29.9 Å². The maximum atomic E-state index is 5.94. The summed E-state index contributed by atoms with van der Waals surface area (Å²) in [6.07, 6.45) is 3.24. The summed E-state index contributed by atoms with van der Waals surface area (Å²) in [5.41, 5.74) is 0.975. The van der Waals surface area contributed by atoms with Gasteiger partial charge in [0, 0.05) is 52.6 Å². The molecule has 9 heteroatoms. The molecule has 1 heterocycles. The number of ether oxygens (including phenoxy) is 5. The minimum atomic E-state index is 0. The van der Waals surface area contributed by atoms with Gasteiger partial charge in [-0.25, -0.2) is 0 Å². The summed E-state index contributed by atoms with van der Waals surface area (Å²) in [6, 6.07) is 3.86. The summed E-state index contributed by atoms with van der Waals surface area (Å²) < 4.78 is 27.4. The second kappa shape index (κ2) is 14.5. The van der Waals surface area contributed by atoms with Gasteiger partial charge in [0.1, 0.15) is 0 Å². The van der Waals surface area contributed by atoms with Gasteiger partial charge in [-0.15, -0.1) is 24.0 Å². The number of nitrogens with one attached hydrogen (secondary N) is 1. The van der Waals surface area contributed by atoms with E-state index in [0.29, 0.717) is 29.9 Å². The quantitative estimate of drug-likeness (QED) is 0.213. The Morgan fingerprint density at radius 2 is 1.73 bits per heavy atom. The molecule has 0 spiro atoms. The van der Waals surface area contributed by atoms with Crippen LogP contribution in [-0.2, 0) is 16.0 Å². The van der Waals surface area contributed by atoms with E-state index in [-0.39, 0.29) is 24.0 Å². The van der Waals surface area contributed by atoms with Crippen LogP contribution in [0.15, 0.2) is 17.1 Å². The van der Waals surface area contributed by atoms with Crippen molar-refractivity contribution < 1.29 is 23.7 Å². The van der Waals surface area contributed by atoms with Crippen molar-refractivity contribution in [1.29, 1.82) is 0 Å². The van der Waals surface area contributed by atoms with Gasteiger partial charge in [0.05, 0.1) is 27.4 Å². The Bertz CT molecular complexity index is 652. The summed E-state index contributed by atoms with van der Waals surface area (Å²) in [7, 11) is 8.38. The highest BCUT2D eigenvalue weighted by Gasteiger charge is 2.22. The molecule has 1 aliphatic rings. The van der Waals surface area contributed by atoms with Crippen molar-refractivity contribution in [2.75, 3.05) is 61.8 Å². The van der Waals surface area contributed by atoms with Crippen molar-refractivity contribution in [1.82, 2.24) is 10.2 Å². The molecular formula is C21H36IN3O5. The van der Waals surface area contributed by atoms with Crippen LogP contribution < -0.4 is 19.5 Å². The van der Waals surface area contributed by atoms with Crippen LogP contribution in [0.3, 0.4) is 0 Å². The zero-order chi connectivity index (χ0) is 21.1. The molecule has 1 fully saturated rings. The van der Waals surface area contributed by atoms with Gasteiger partial charge < -0.3 is 33.9 Å². The van der Waals surface area contributed by atoms with Crippen LogP contribution in [0.25, 0.3) is 0 Å². The van der Waals surface area contributed by atoms with Crippen LogP contribution in [-0.4, -0.2) is 78.8 Å². The summed E-state index contributed by atoms with van der Waals surface area (Å²) in [5, 5.41) is 3.44. The topological polar surface area (TPSA) is 73.8 Å². The third-order valence-electron chi connectivity index (χ3n) is 5.02. The van der Waals surface area contributed by atoms with Gasteiger partial charge in [0.2, 0.25) is 5.75 Å². The first-order valence-corrected chi connectivity index (χ1v) is 10.0. The van der Waals surface area contributed by atoms with E-state index in [1.165, 1.54) is 0 Å². The molecule has 30 heavy (non-hydrogen) atoms. The molecule has 172 valence electrons.